The van der Waals surface area contributed by atoms with E-state index in [1.165, 1.54) is 12.1 Å². The lowest BCUT2D eigenvalue weighted by molar-refractivity contribution is -0.00764. The third kappa shape index (κ3) is 4.55. The Labute approximate surface area is 150 Å². The number of benzene rings is 2. The van der Waals surface area contributed by atoms with E-state index in [1.807, 2.05) is 0 Å². The highest BCUT2D eigenvalue weighted by Crippen LogP contribution is 2.19. The molecule has 1 unspecified atom stereocenters. The van der Waals surface area contributed by atoms with Gasteiger partial charge in [0.15, 0.2) is 0 Å². The van der Waals surface area contributed by atoms with Crippen molar-refractivity contribution in [1.29, 1.82) is 0 Å². The van der Waals surface area contributed by atoms with Gasteiger partial charge in [-0.25, -0.2) is 8.78 Å². The zero-order valence-corrected chi connectivity index (χ0v) is 14.3. The molecular formula is C19H18ClF2NO2. The maximum Gasteiger partial charge on any atom is 0.253 e. The van der Waals surface area contributed by atoms with Crippen LogP contribution in [0.2, 0.25) is 5.02 Å². The molecule has 1 amide bonds. The van der Waals surface area contributed by atoms with E-state index in [4.69, 9.17) is 16.3 Å². The van der Waals surface area contributed by atoms with Crippen LogP contribution in [0.25, 0.3) is 0 Å². The Morgan fingerprint density at radius 3 is 2.68 bits per heavy atom. The van der Waals surface area contributed by atoms with Gasteiger partial charge in [-0.3, -0.25) is 4.79 Å². The third-order valence-electron chi connectivity index (χ3n) is 4.25. The number of piperidine rings is 1. The van der Waals surface area contributed by atoms with Crippen molar-refractivity contribution in [1.82, 2.24) is 4.90 Å². The Kier molecular flexibility index (Phi) is 5.66. The fraction of sp³-hybridized carbons (Fsp3) is 0.316. The minimum Gasteiger partial charge on any atom is -0.372 e. The number of carbonyl (C=O) groups excluding carboxylic acids is 1. The van der Waals surface area contributed by atoms with Crippen molar-refractivity contribution < 1.29 is 18.3 Å². The van der Waals surface area contributed by atoms with Gasteiger partial charge in [0, 0.05) is 35.3 Å². The Morgan fingerprint density at radius 2 is 1.96 bits per heavy atom. The third-order valence-corrected chi connectivity index (χ3v) is 4.50. The van der Waals surface area contributed by atoms with Gasteiger partial charge < -0.3 is 9.64 Å². The predicted octanol–water partition coefficient (Wildman–Crippen LogP) is 4.44. The van der Waals surface area contributed by atoms with E-state index >= 15 is 0 Å². The van der Waals surface area contributed by atoms with E-state index in [-0.39, 0.29) is 18.6 Å². The van der Waals surface area contributed by atoms with Crippen molar-refractivity contribution in [3.63, 3.8) is 0 Å². The summed E-state index contributed by atoms with van der Waals surface area (Å²) in [7, 11) is 0. The van der Waals surface area contributed by atoms with E-state index in [0.29, 0.717) is 29.2 Å². The van der Waals surface area contributed by atoms with Crippen LogP contribution in [0.15, 0.2) is 42.5 Å². The van der Waals surface area contributed by atoms with E-state index in [2.05, 4.69) is 0 Å². The molecule has 1 atom stereocenters. The number of rotatable bonds is 4. The van der Waals surface area contributed by atoms with Gasteiger partial charge in [0.1, 0.15) is 11.6 Å². The van der Waals surface area contributed by atoms with Crippen LogP contribution in [0.4, 0.5) is 8.78 Å². The summed E-state index contributed by atoms with van der Waals surface area (Å²) in [6.45, 7) is 1.16. The molecule has 0 bridgehead atoms. The van der Waals surface area contributed by atoms with Crippen LogP contribution < -0.4 is 0 Å². The topological polar surface area (TPSA) is 29.5 Å². The lowest BCUT2D eigenvalue weighted by Crippen LogP contribution is -2.43. The molecule has 0 saturated carbocycles. The van der Waals surface area contributed by atoms with Crippen molar-refractivity contribution in [2.45, 2.75) is 25.6 Å². The Bertz CT molecular complexity index is 752. The zero-order valence-electron chi connectivity index (χ0n) is 13.6. The zero-order chi connectivity index (χ0) is 17.8. The molecule has 0 spiro atoms. The second-order valence-electron chi connectivity index (χ2n) is 6.07. The summed E-state index contributed by atoms with van der Waals surface area (Å²) in [4.78, 5) is 14.3. The number of carbonyl (C=O) groups is 1. The molecule has 132 valence electrons. The molecule has 0 radical (unpaired) electrons. The van der Waals surface area contributed by atoms with Gasteiger partial charge in [-0.15, -0.1) is 0 Å². The van der Waals surface area contributed by atoms with Crippen molar-refractivity contribution in [2.24, 2.45) is 0 Å². The van der Waals surface area contributed by atoms with Crippen LogP contribution in [0.3, 0.4) is 0 Å². The van der Waals surface area contributed by atoms with Crippen molar-refractivity contribution in [2.75, 3.05) is 13.1 Å². The van der Waals surface area contributed by atoms with Gasteiger partial charge in [0.25, 0.3) is 5.91 Å². The maximum absolute atomic E-state index is 13.7. The van der Waals surface area contributed by atoms with Crippen molar-refractivity contribution in [3.8, 4) is 0 Å². The molecule has 1 saturated heterocycles. The number of likely N-dealkylation sites (tertiary alicyclic amines) is 1. The molecule has 1 fully saturated rings. The van der Waals surface area contributed by atoms with Gasteiger partial charge in [0.2, 0.25) is 0 Å². The molecular weight excluding hydrogens is 348 g/mol. The van der Waals surface area contributed by atoms with Crippen LogP contribution in [-0.4, -0.2) is 30.0 Å². The van der Waals surface area contributed by atoms with E-state index in [0.717, 1.165) is 18.9 Å². The number of nitrogens with zero attached hydrogens (tertiary/aromatic N) is 1. The van der Waals surface area contributed by atoms with E-state index < -0.39 is 11.6 Å². The highest BCUT2D eigenvalue weighted by Gasteiger charge is 2.25. The summed E-state index contributed by atoms with van der Waals surface area (Å²) in [6, 6.07) is 10.2. The smallest absolute Gasteiger partial charge is 0.253 e. The number of ether oxygens (including phenoxy) is 1. The summed E-state index contributed by atoms with van der Waals surface area (Å²) < 4.78 is 32.4. The number of hydrogen-bond acceptors (Lipinski definition) is 2. The highest BCUT2D eigenvalue weighted by molar-refractivity contribution is 6.30. The average molecular weight is 366 g/mol. The van der Waals surface area contributed by atoms with Gasteiger partial charge in [0.05, 0.1) is 12.7 Å². The molecule has 0 aliphatic carbocycles. The Hall–Kier alpha value is -1.98. The summed E-state index contributed by atoms with van der Waals surface area (Å²) in [5, 5.41) is 0.581. The first-order valence-electron chi connectivity index (χ1n) is 8.13. The van der Waals surface area contributed by atoms with Crippen molar-refractivity contribution >= 4 is 17.5 Å². The Morgan fingerprint density at radius 1 is 1.20 bits per heavy atom. The van der Waals surface area contributed by atoms with Crippen LogP contribution in [0, 0.1) is 11.6 Å². The molecule has 1 heterocycles. The molecule has 2 aromatic carbocycles. The average Bonchev–Trinajstić information content (AvgIpc) is 2.61. The predicted molar refractivity (Wildman–Crippen MR) is 91.5 cm³/mol. The first kappa shape index (κ1) is 17.8. The van der Waals surface area contributed by atoms with Gasteiger partial charge in [-0.05, 0) is 43.2 Å². The van der Waals surface area contributed by atoms with Crippen molar-refractivity contribution in [3.05, 3.63) is 70.2 Å². The lowest BCUT2D eigenvalue weighted by atomic mass is 10.1. The normalized spacial score (nSPS) is 17.6. The lowest BCUT2D eigenvalue weighted by Gasteiger charge is -2.32. The fourth-order valence-corrected chi connectivity index (χ4v) is 3.01. The standard InChI is InChI=1S/C19H18ClF2NO2/c20-15-6-3-13(4-7-15)19(24)23-9-1-2-17(11-23)25-12-14-5-8-16(21)10-18(14)22/h3-8,10,17H,1-2,9,11-12H2. The molecule has 0 aromatic heterocycles. The molecule has 6 heteroatoms. The number of halogens is 3. The van der Waals surface area contributed by atoms with Gasteiger partial charge in [-0.2, -0.15) is 0 Å². The SMILES string of the molecule is O=C(c1ccc(Cl)cc1)N1CCCC(OCc2ccc(F)cc2F)C1. The first-order chi connectivity index (χ1) is 12.0. The Balaban J connectivity index is 1.59. The number of hydrogen-bond donors (Lipinski definition) is 0. The van der Waals surface area contributed by atoms with Gasteiger partial charge in [-0.1, -0.05) is 17.7 Å². The largest absolute Gasteiger partial charge is 0.372 e. The summed E-state index contributed by atoms with van der Waals surface area (Å²) in [5.74, 6) is -1.30. The molecule has 25 heavy (non-hydrogen) atoms. The molecule has 3 rings (SSSR count). The number of amides is 1. The molecule has 0 N–H and O–H groups in total. The molecule has 2 aromatic rings. The summed E-state index contributed by atoms with van der Waals surface area (Å²) >= 11 is 5.85. The molecule has 1 aliphatic heterocycles. The summed E-state index contributed by atoms with van der Waals surface area (Å²) in [5.41, 5.74) is 0.886. The molecule has 1 aliphatic rings. The van der Waals surface area contributed by atoms with Crippen LogP contribution in [0.5, 0.6) is 0 Å². The monoisotopic (exact) mass is 365 g/mol. The highest BCUT2D eigenvalue weighted by atomic mass is 35.5. The van der Waals surface area contributed by atoms with Crippen LogP contribution in [0.1, 0.15) is 28.8 Å². The van der Waals surface area contributed by atoms with Gasteiger partial charge >= 0.3 is 0 Å². The minimum absolute atomic E-state index is 0.0553. The minimum atomic E-state index is -0.620. The van der Waals surface area contributed by atoms with Crippen LogP contribution in [-0.2, 0) is 11.3 Å². The van der Waals surface area contributed by atoms with E-state index in [1.54, 1.807) is 29.2 Å². The second-order valence-corrected chi connectivity index (χ2v) is 6.51. The summed E-state index contributed by atoms with van der Waals surface area (Å²) in [6.07, 6.45) is 1.44. The fourth-order valence-electron chi connectivity index (χ4n) is 2.88. The second kappa shape index (κ2) is 7.93. The quantitative estimate of drug-likeness (QED) is 0.801. The maximum atomic E-state index is 13.7. The van der Waals surface area contributed by atoms with E-state index in [9.17, 15) is 13.6 Å². The van der Waals surface area contributed by atoms with Crippen LogP contribution >= 0.6 is 11.6 Å². The first-order valence-corrected chi connectivity index (χ1v) is 8.51. The molecule has 3 nitrogen and oxygen atoms in total.